The minimum atomic E-state index is -0.590. The first kappa shape index (κ1) is 12.7. The van der Waals surface area contributed by atoms with Gasteiger partial charge < -0.3 is 0 Å². The predicted octanol–water partition coefficient (Wildman–Crippen LogP) is 2.90. The van der Waals surface area contributed by atoms with Gasteiger partial charge >= 0.3 is 0 Å². The van der Waals surface area contributed by atoms with E-state index in [1.807, 2.05) is 0 Å². The lowest BCUT2D eigenvalue weighted by Gasteiger charge is -2.02. The average Bonchev–Trinajstić information content (AvgIpc) is 2.80. The number of hydrogen-bond acceptors (Lipinski definition) is 3. The molecule has 4 nitrogen and oxygen atoms in total. The molecule has 2 aromatic rings. The summed E-state index contributed by atoms with van der Waals surface area (Å²) >= 11 is 5.68. The molecule has 0 radical (unpaired) electrons. The van der Waals surface area contributed by atoms with Crippen molar-refractivity contribution in [3.05, 3.63) is 40.9 Å². The van der Waals surface area contributed by atoms with Gasteiger partial charge in [0.1, 0.15) is 11.4 Å². The standard InChI is InChI=1S/C12H11ClFN3O/c1-7(2)12(18)9-6-17(16-15-9)10-5-3-4-8(13)11(10)14/h3-7H,1-2H3. The third kappa shape index (κ3) is 2.26. The van der Waals surface area contributed by atoms with Crippen LogP contribution >= 0.6 is 11.6 Å². The van der Waals surface area contributed by atoms with Crippen LogP contribution in [0.4, 0.5) is 4.39 Å². The zero-order valence-corrected chi connectivity index (χ0v) is 10.6. The number of carbonyl (C=O) groups excluding carboxylic acids is 1. The van der Waals surface area contributed by atoms with E-state index in [4.69, 9.17) is 11.6 Å². The van der Waals surface area contributed by atoms with E-state index in [2.05, 4.69) is 10.3 Å². The van der Waals surface area contributed by atoms with Gasteiger partial charge in [-0.15, -0.1) is 5.10 Å². The lowest BCUT2D eigenvalue weighted by atomic mass is 10.1. The molecule has 18 heavy (non-hydrogen) atoms. The largest absolute Gasteiger partial charge is 0.292 e. The first-order valence-electron chi connectivity index (χ1n) is 5.41. The maximum absolute atomic E-state index is 13.8. The van der Waals surface area contributed by atoms with Crippen molar-refractivity contribution in [2.24, 2.45) is 5.92 Å². The molecule has 0 aliphatic heterocycles. The smallest absolute Gasteiger partial charge is 0.187 e. The van der Waals surface area contributed by atoms with Crippen molar-refractivity contribution < 1.29 is 9.18 Å². The molecule has 94 valence electrons. The van der Waals surface area contributed by atoms with E-state index in [0.29, 0.717) is 0 Å². The Bertz CT molecular complexity index is 595. The number of carbonyl (C=O) groups is 1. The molecule has 0 amide bonds. The van der Waals surface area contributed by atoms with Gasteiger partial charge in [-0.3, -0.25) is 4.79 Å². The molecule has 1 heterocycles. The Balaban J connectivity index is 2.41. The Morgan fingerprint density at radius 3 is 2.83 bits per heavy atom. The number of halogens is 2. The summed E-state index contributed by atoms with van der Waals surface area (Å²) in [4.78, 5) is 11.7. The van der Waals surface area contributed by atoms with E-state index in [1.165, 1.54) is 23.0 Å². The van der Waals surface area contributed by atoms with Crippen LogP contribution in [0, 0.1) is 11.7 Å². The molecule has 1 aromatic carbocycles. The number of rotatable bonds is 3. The van der Waals surface area contributed by atoms with E-state index < -0.39 is 5.82 Å². The molecule has 0 saturated carbocycles. The van der Waals surface area contributed by atoms with Crippen LogP contribution in [0.25, 0.3) is 5.69 Å². The quantitative estimate of drug-likeness (QED) is 0.804. The van der Waals surface area contributed by atoms with Crippen LogP contribution in [0.1, 0.15) is 24.3 Å². The minimum Gasteiger partial charge on any atom is -0.292 e. The molecule has 0 atom stereocenters. The summed E-state index contributed by atoms with van der Waals surface area (Å²) in [6.45, 7) is 3.53. The second-order valence-electron chi connectivity index (χ2n) is 4.14. The van der Waals surface area contributed by atoms with Gasteiger partial charge in [-0.2, -0.15) is 0 Å². The maximum Gasteiger partial charge on any atom is 0.187 e. The van der Waals surface area contributed by atoms with Gasteiger partial charge in [-0.1, -0.05) is 36.7 Å². The average molecular weight is 268 g/mol. The zero-order valence-electron chi connectivity index (χ0n) is 9.89. The van der Waals surface area contributed by atoms with Crippen molar-refractivity contribution in [3.8, 4) is 5.69 Å². The fourth-order valence-electron chi connectivity index (χ4n) is 1.46. The Hall–Kier alpha value is -1.75. The van der Waals surface area contributed by atoms with Gasteiger partial charge in [-0.05, 0) is 12.1 Å². The predicted molar refractivity (Wildman–Crippen MR) is 65.5 cm³/mol. The molecule has 0 aliphatic carbocycles. The van der Waals surface area contributed by atoms with Crippen LogP contribution in [0.3, 0.4) is 0 Å². The van der Waals surface area contributed by atoms with Crippen LogP contribution in [-0.2, 0) is 0 Å². The highest BCUT2D eigenvalue weighted by atomic mass is 35.5. The summed E-state index contributed by atoms with van der Waals surface area (Å²) in [5.74, 6) is -0.907. The molecule has 0 unspecified atom stereocenters. The topological polar surface area (TPSA) is 47.8 Å². The van der Waals surface area contributed by atoms with Crippen molar-refractivity contribution in [2.75, 3.05) is 0 Å². The number of nitrogens with zero attached hydrogens (tertiary/aromatic N) is 3. The number of ketones is 1. The van der Waals surface area contributed by atoms with Gasteiger partial charge in [0.25, 0.3) is 0 Å². The third-order valence-electron chi connectivity index (χ3n) is 2.45. The highest BCUT2D eigenvalue weighted by Gasteiger charge is 2.16. The second kappa shape index (κ2) is 4.86. The van der Waals surface area contributed by atoms with Crippen LogP contribution in [0.2, 0.25) is 5.02 Å². The fourth-order valence-corrected chi connectivity index (χ4v) is 1.63. The van der Waals surface area contributed by atoms with E-state index in [1.54, 1.807) is 19.9 Å². The monoisotopic (exact) mass is 267 g/mol. The van der Waals surface area contributed by atoms with E-state index in [0.717, 1.165) is 0 Å². The van der Waals surface area contributed by atoms with Gasteiger partial charge in [0.05, 0.1) is 11.2 Å². The number of benzene rings is 1. The van der Waals surface area contributed by atoms with Crippen molar-refractivity contribution in [2.45, 2.75) is 13.8 Å². The Kier molecular flexibility index (Phi) is 3.43. The maximum atomic E-state index is 13.8. The van der Waals surface area contributed by atoms with Crippen LogP contribution in [0.15, 0.2) is 24.4 Å². The molecular weight excluding hydrogens is 257 g/mol. The molecule has 0 fully saturated rings. The molecule has 0 N–H and O–H groups in total. The first-order chi connectivity index (χ1) is 8.50. The minimum absolute atomic E-state index is 0.000244. The van der Waals surface area contributed by atoms with Crippen LogP contribution in [-0.4, -0.2) is 20.8 Å². The Morgan fingerprint density at radius 2 is 2.17 bits per heavy atom. The summed E-state index contributed by atoms with van der Waals surface area (Å²) in [5.41, 5.74) is 0.377. The number of aromatic nitrogens is 3. The fraction of sp³-hybridized carbons (Fsp3) is 0.250. The lowest BCUT2D eigenvalue weighted by Crippen LogP contribution is -2.07. The first-order valence-corrected chi connectivity index (χ1v) is 5.79. The van der Waals surface area contributed by atoms with E-state index in [-0.39, 0.29) is 28.1 Å². The molecule has 2 rings (SSSR count). The normalized spacial score (nSPS) is 10.9. The summed E-state index contributed by atoms with van der Waals surface area (Å²) < 4.78 is 15.0. The van der Waals surface area contributed by atoms with Crippen LogP contribution in [0.5, 0.6) is 0 Å². The van der Waals surface area contributed by atoms with Crippen molar-refractivity contribution in [1.29, 1.82) is 0 Å². The number of hydrogen-bond donors (Lipinski definition) is 0. The van der Waals surface area contributed by atoms with Crippen molar-refractivity contribution in [1.82, 2.24) is 15.0 Å². The molecule has 0 aliphatic rings. The summed E-state index contributed by atoms with van der Waals surface area (Å²) in [6, 6.07) is 4.56. The summed E-state index contributed by atoms with van der Waals surface area (Å²) in [5, 5.41) is 7.48. The number of Topliss-reactive ketones (excluding diaryl/α,β-unsaturated/α-hetero) is 1. The molecule has 1 aromatic heterocycles. The van der Waals surface area contributed by atoms with Gasteiger partial charge in [-0.25, -0.2) is 9.07 Å². The summed E-state index contributed by atoms with van der Waals surface area (Å²) in [7, 11) is 0. The SMILES string of the molecule is CC(C)C(=O)c1cn(-c2cccc(Cl)c2F)nn1. The molecule has 0 saturated heterocycles. The van der Waals surface area contributed by atoms with Crippen molar-refractivity contribution >= 4 is 17.4 Å². The summed E-state index contributed by atoms with van der Waals surface area (Å²) in [6.07, 6.45) is 1.40. The van der Waals surface area contributed by atoms with Gasteiger partial charge in [0.15, 0.2) is 11.6 Å². The van der Waals surface area contributed by atoms with Gasteiger partial charge in [0.2, 0.25) is 0 Å². The molecular formula is C12H11ClFN3O. The highest BCUT2D eigenvalue weighted by Crippen LogP contribution is 2.20. The molecule has 6 heteroatoms. The van der Waals surface area contributed by atoms with E-state index in [9.17, 15) is 9.18 Å². The third-order valence-corrected chi connectivity index (χ3v) is 2.74. The van der Waals surface area contributed by atoms with E-state index >= 15 is 0 Å². The molecule has 0 bridgehead atoms. The van der Waals surface area contributed by atoms with Gasteiger partial charge in [0, 0.05) is 5.92 Å². The second-order valence-corrected chi connectivity index (χ2v) is 4.55. The lowest BCUT2D eigenvalue weighted by molar-refractivity contribution is 0.0934. The Morgan fingerprint density at radius 1 is 1.44 bits per heavy atom. The Labute approximate surface area is 108 Å². The highest BCUT2D eigenvalue weighted by molar-refractivity contribution is 6.30. The zero-order chi connectivity index (χ0) is 13.3. The van der Waals surface area contributed by atoms with Crippen molar-refractivity contribution in [3.63, 3.8) is 0 Å². The van der Waals surface area contributed by atoms with Crippen LogP contribution < -0.4 is 0 Å². The molecule has 0 spiro atoms.